The number of carbonyl (C=O) groups is 2. The molecule has 0 spiro atoms. The van der Waals surface area contributed by atoms with Crippen molar-refractivity contribution in [2.45, 2.75) is 13.0 Å². The van der Waals surface area contributed by atoms with Gasteiger partial charge in [-0.15, -0.1) is 0 Å². The summed E-state index contributed by atoms with van der Waals surface area (Å²) in [4.78, 5) is 23.6. The summed E-state index contributed by atoms with van der Waals surface area (Å²) < 4.78 is 36.4. The van der Waals surface area contributed by atoms with E-state index in [0.29, 0.717) is 11.8 Å². The Morgan fingerprint density at radius 2 is 1.92 bits per heavy atom. The van der Waals surface area contributed by atoms with Gasteiger partial charge >= 0.3 is 5.97 Å². The average Bonchev–Trinajstić information content (AvgIpc) is 2.61. The Balaban J connectivity index is 1.91. The summed E-state index contributed by atoms with van der Waals surface area (Å²) in [5, 5.41) is 2.64. The Morgan fingerprint density at radius 1 is 1.16 bits per heavy atom. The Hall–Kier alpha value is -2.96. The smallest absolute Gasteiger partial charge is 0.341 e. The van der Waals surface area contributed by atoms with Crippen molar-refractivity contribution in [3.8, 4) is 5.75 Å². The molecule has 0 heterocycles. The number of halogens is 2. The molecule has 0 fully saturated rings. The van der Waals surface area contributed by atoms with Gasteiger partial charge in [-0.1, -0.05) is 12.1 Å². The molecule has 2 rings (SSSR count). The summed E-state index contributed by atoms with van der Waals surface area (Å²) in [7, 11) is 1.54. The minimum atomic E-state index is -1.11. The quantitative estimate of drug-likeness (QED) is 0.815. The van der Waals surface area contributed by atoms with Crippen LogP contribution in [0.5, 0.6) is 5.75 Å². The van der Waals surface area contributed by atoms with Crippen molar-refractivity contribution in [2.24, 2.45) is 0 Å². The number of hydrogen-bond acceptors (Lipinski definition) is 4. The first-order valence-electron chi connectivity index (χ1n) is 7.46. The molecule has 25 heavy (non-hydrogen) atoms. The third-order valence-electron chi connectivity index (χ3n) is 3.45. The highest BCUT2D eigenvalue weighted by Gasteiger charge is 2.17. The first-order valence-corrected chi connectivity index (χ1v) is 7.46. The Bertz CT molecular complexity index is 779. The van der Waals surface area contributed by atoms with E-state index in [1.54, 1.807) is 25.1 Å². The van der Waals surface area contributed by atoms with Crippen molar-refractivity contribution >= 4 is 11.9 Å². The summed E-state index contributed by atoms with van der Waals surface area (Å²) in [6, 6.07) is 9.18. The molecule has 1 unspecified atom stereocenters. The van der Waals surface area contributed by atoms with Crippen molar-refractivity contribution in [2.75, 3.05) is 13.7 Å². The van der Waals surface area contributed by atoms with Gasteiger partial charge in [0, 0.05) is 0 Å². The fourth-order valence-corrected chi connectivity index (χ4v) is 2.14. The highest BCUT2D eigenvalue weighted by atomic mass is 19.1. The van der Waals surface area contributed by atoms with Crippen LogP contribution in [-0.4, -0.2) is 25.6 Å². The van der Waals surface area contributed by atoms with Crippen molar-refractivity contribution in [1.29, 1.82) is 0 Å². The Morgan fingerprint density at radius 3 is 2.64 bits per heavy atom. The van der Waals surface area contributed by atoms with E-state index in [9.17, 15) is 18.4 Å². The largest absolute Gasteiger partial charge is 0.497 e. The molecule has 1 atom stereocenters. The van der Waals surface area contributed by atoms with Gasteiger partial charge in [-0.3, -0.25) is 4.79 Å². The maximum Gasteiger partial charge on any atom is 0.341 e. The summed E-state index contributed by atoms with van der Waals surface area (Å²) in [6.07, 6.45) is 0. The van der Waals surface area contributed by atoms with Crippen LogP contribution in [0.1, 0.15) is 28.9 Å². The van der Waals surface area contributed by atoms with Crippen LogP contribution < -0.4 is 10.1 Å². The molecule has 7 heteroatoms. The molecule has 1 N–H and O–H groups in total. The second kappa shape index (κ2) is 8.23. The van der Waals surface area contributed by atoms with Crippen LogP contribution in [0.15, 0.2) is 42.5 Å². The van der Waals surface area contributed by atoms with Crippen molar-refractivity contribution in [3.63, 3.8) is 0 Å². The van der Waals surface area contributed by atoms with Gasteiger partial charge in [0.1, 0.15) is 17.4 Å². The second-order valence-electron chi connectivity index (χ2n) is 5.27. The lowest BCUT2D eigenvalue weighted by Crippen LogP contribution is -2.31. The number of amides is 1. The van der Waals surface area contributed by atoms with E-state index < -0.39 is 35.7 Å². The minimum Gasteiger partial charge on any atom is -0.497 e. The highest BCUT2D eigenvalue weighted by molar-refractivity contribution is 5.91. The van der Waals surface area contributed by atoms with Gasteiger partial charge in [0.05, 0.1) is 18.7 Å². The number of hydrogen-bond donors (Lipinski definition) is 1. The number of carbonyl (C=O) groups excluding carboxylic acids is 2. The van der Waals surface area contributed by atoms with E-state index in [0.717, 1.165) is 17.7 Å². The van der Waals surface area contributed by atoms with Gasteiger partial charge in [-0.2, -0.15) is 0 Å². The maximum atomic E-state index is 13.5. The third kappa shape index (κ3) is 5.00. The van der Waals surface area contributed by atoms with E-state index >= 15 is 0 Å². The van der Waals surface area contributed by atoms with Crippen LogP contribution >= 0.6 is 0 Å². The molecule has 2 aromatic rings. The van der Waals surface area contributed by atoms with Crippen LogP contribution in [0, 0.1) is 11.6 Å². The number of methoxy groups -OCH3 is 1. The molecular weight excluding hydrogens is 332 g/mol. The molecule has 1 amide bonds. The molecular formula is C18H17F2NO4. The molecule has 0 saturated heterocycles. The SMILES string of the molecule is COc1cccc(C(C)NC(=O)COC(=O)c2cc(F)ccc2F)c1. The van der Waals surface area contributed by atoms with Crippen LogP contribution in [0.25, 0.3) is 0 Å². The van der Waals surface area contributed by atoms with E-state index in [2.05, 4.69) is 5.32 Å². The molecule has 5 nitrogen and oxygen atoms in total. The average molecular weight is 349 g/mol. The highest BCUT2D eigenvalue weighted by Crippen LogP contribution is 2.18. The molecule has 0 radical (unpaired) electrons. The predicted octanol–water partition coefficient (Wildman–Crippen LogP) is 3.01. The van der Waals surface area contributed by atoms with Crippen molar-refractivity contribution in [3.05, 3.63) is 65.2 Å². The lowest BCUT2D eigenvalue weighted by Gasteiger charge is -2.15. The summed E-state index contributed by atoms with van der Waals surface area (Å²) in [5.74, 6) is -2.73. The molecule has 0 saturated carbocycles. The van der Waals surface area contributed by atoms with Gasteiger partial charge in [-0.05, 0) is 42.8 Å². The topological polar surface area (TPSA) is 64.6 Å². The molecule has 132 valence electrons. The van der Waals surface area contributed by atoms with Crippen LogP contribution in [0.2, 0.25) is 0 Å². The summed E-state index contributed by atoms with van der Waals surface area (Å²) in [6.45, 7) is 1.14. The summed E-state index contributed by atoms with van der Waals surface area (Å²) >= 11 is 0. The molecule has 0 bridgehead atoms. The zero-order chi connectivity index (χ0) is 18.4. The Labute approximate surface area is 143 Å². The lowest BCUT2D eigenvalue weighted by molar-refractivity contribution is -0.124. The zero-order valence-corrected chi connectivity index (χ0v) is 13.7. The van der Waals surface area contributed by atoms with E-state index in [1.807, 2.05) is 6.07 Å². The first-order chi connectivity index (χ1) is 11.9. The second-order valence-corrected chi connectivity index (χ2v) is 5.27. The van der Waals surface area contributed by atoms with Crippen molar-refractivity contribution in [1.82, 2.24) is 5.32 Å². The van der Waals surface area contributed by atoms with Gasteiger partial charge in [0.2, 0.25) is 0 Å². The molecule has 2 aromatic carbocycles. The van der Waals surface area contributed by atoms with Gasteiger partial charge in [-0.25, -0.2) is 13.6 Å². The molecule has 0 aromatic heterocycles. The van der Waals surface area contributed by atoms with E-state index in [4.69, 9.17) is 9.47 Å². The monoisotopic (exact) mass is 349 g/mol. The van der Waals surface area contributed by atoms with E-state index in [1.165, 1.54) is 7.11 Å². The predicted molar refractivity (Wildman–Crippen MR) is 86.2 cm³/mol. The standard InChI is InChI=1S/C18H17F2NO4/c1-11(12-4-3-5-14(8-12)24-2)21-17(22)10-25-18(23)15-9-13(19)6-7-16(15)20/h3-9,11H,10H2,1-2H3,(H,21,22). The fourth-order valence-electron chi connectivity index (χ4n) is 2.14. The number of nitrogens with one attached hydrogen (secondary N) is 1. The van der Waals surface area contributed by atoms with Crippen LogP contribution in [0.3, 0.4) is 0 Å². The molecule has 0 aliphatic carbocycles. The number of esters is 1. The van der Waals surface area contributed by atoms with Crippen LogP contribution in [-0.2, 0) is 9.53 Å². The maximum absolute atomic E-state index is 13.5. The molecule has 0 aliphatic heterocycles. The first kappa shape index (κ1) is 18.4. The fraction of sp³-hybridized carbons (Fsp3) is 0.222. The minimum absolute atomic E-state index is 0.354. The number of ether oxygens (including phenoxy) is 2. The Kier molecular flexibility index (Phi) is 6.05. The normalized spacial score (nSPS) is 11.5. The van der Waals surface area contributed by atoms with Gasteiger partial charge in [0.25, 0.3) is 5.91 Å². The zero-order valence-electron chi connectivity index (χ0n) is 13.7. The van der Waals surface area contributed by atoms with Gasteiger partial charge < -0.3 is 14.8 Å². The number of rotatable bonds is 6. The molecule has 0 aliphatic rings. The number of benzene rings is 2. The van der Waals surface area contributed by atoms with Crippen molar-refractivity contribution < 1.29 is 27.8 Å². The van der Waals surface area contributed by atoms with Crippen LogP contribution in [0.4, 0.5) is 8.78 Å². The lowest BCUT2D eigenvalue weighted by atomic mass is 10.1. The van der Waals surface area contributed by atoms with E-state index in [-0.39, 0.29) is 6.04 Å². The van der Waals surface area contributed by atoms with Gasteiger partial charge in [0.15, 0.2) is 6.61 Å². The summed E-state index contributed by atoms with van der Waals surface area (Å²) in [5.41, 5.74) is 0.240. The third-order valence-corrected chi connectivity index (χ3v) is 3.45.